The third-order valence-corrected chi connectivity index (χ3v) is 5.48. The molecule has 1 aromatic carbocycles. The molecule has 25 heavy (non-hydrogen) atoms. The maximum Gasteiger partial charge on any atom is 0.336 e. The van der Waals surface area contributed by atoms with Crippen molar-refractivity contribution >= 4 is 16.9 Å². The van der Waals surface area contributed by atoms with E-state index in [1.165, 1.54) is 12.7 Å². The molecule has 0 amide bonds. The molecule has 1 aliphatic heterocycles. The molecule has 134 valence electrons. The highest BCUT2D eigenvalue weighted by molar-refractivity contribution is 5.82. The first-order chi connectivity index (χ1) is 11.8. The van der Waals surface area contributed by atoms with Crippen LogP contribution in [0, 0.1) is 19.3 Å². The lowest BCUT2D eigenvalue weighted by Crippen LogP contribution is -2.42. The zero-order valence-electron chi connectivity index (χ0n) is 15.3. The molecule has 0 bridgehead atoms. The van der Waals surface area contributed by atoms with Crippen molar-refractivity contribution < 1.29 is 13.9 Å². The summed E-state index contributed by atoms with van der Waals surface area (Å²) in [6.07, 6.45) is 1.52. The lowest BCUT2D eigenvalue weighted by Gasteiger charge is -2.37. The predicted octanol–water partition coefficient (Wildman–Crippen LogP) is 3.18. The largest absolute Gasteiger partial charge is 0.469 e. The van der Waals surface area contributed by atoms with Gasteiger partial charge in [-0.05, 0) is 75.5 Å². The molecule has 0 aliphatic carbocycles. The fraction of sp³-hybridized carbons (Fsp3) is 0.500. The van der Waals surface area contributed by atoms with Gasteiger partial charge in [-0.3, -0.25) is 9.69 Å². The number of aryl methyl sites for hydroxylation is 2. The molecule has 0 atom stereocenters. The van der Waals surface area contributed by atoms with Gasteiger partial charge < -0.3 is 9.15 Å². The first kappa shape index (κ1) is 17.7. The number of methoxy groups -OCH3 is 1. The molecule has 1 fully saturated rings. The van der Waals surface area contributed by atoms with Gasteiger partial charge in [-0.2, -0.15) is 0 Å². The number of benzene rings is 1. The molecular weight excluding hydrogens is 318 g/mol. The monoisotopic (exact) mass is 343 g/mol. The van der Waals surface area contributed by atoms with Gasteiger partial charge in [0.1, 0.15) is 5.58 Å². The molecule has 0 saturated carbocycles. The van der Waals surface area contributed by atoms with E-state index < -0.39 is 5.41 Å². The van der Waals surface area contributed by atoms with Gasteiger partial charge in [0.2, 0.25) is 0 Å². The molecular formula is C20H25NO4. The van der Waals surface area contributed by atoms with Crippen molar-refractivity contribution in [2.24, 2.45) is 5.41 Å². The third-order valence-electron chi connectivity index (χ3n) is 5.48. The standard InChI is InChI=1S/C20H25NO4/c1-13-9-16-15(11-18(22)25-17(16)10-14(13)2)12-21-7-5-20(3,6-8-21)19(23)24-4/h9-11H,5-8,12H2,1-4H3. The van der Waals surface area contributed by atoms with Crippen LogP contribution in [0.3, 0.4) is 0 Å². The van der Waals surface area contributed by atoms with Crippen molar-refractivity contribution in [2.75, 3.05) is 20.2 Å². The fourth-order valence-corrected chi connectivity index (χ4v) is 3.51. The van der Waals surface area contributed by atoms with Crippen LogP contribution >= 0.6 is 0 Å². The van der Waals surface area contributed by atoms with Crippen LogP contribution in [0.5, 0.6) is 0 Å². The van der Waals surface area contributed by atoms with Crippen LogP contribution in [0.25, 0.3) is 11.0 Å². The van der Waals surface area contributed by atoms with Crippen LogP contribution in [0.4, 0.5) is 0 Å². The van der Waals surface area contributed by atoms with Crippen molar-refractivity contribution in [1.82, 2.24) is 4.90 Å². The number of hydrogen-bond acceptors (Lipinski definition) is 5. The number of rotatable bonds is 3. The molecule has 5 nitrogen and oxygen atoms in total. The number of carbonyl (C=O) groups excluding carboxylic acids is 1. The van der Waals surface area contributed by atoms with E-state index in [-0.39, 0.29) is 11.6 Å². The fourth-order valence-electron chi connectivity index (χ4n) is 3.51. The highest BCUT2D eigenvalue weighted by atomic mass is 16.5. The average Bonchev–Trinajstić information content (AvgIpc) is 2.58. The number of piperidine rings is 1. The van der Waals surface area contributed by atoms with Crippen molar-refractivity contribution in [3.05, 3.63) is 45.3 Å². The number of hydrogen-bond donors (Lipinski definition) is 0. The van der Waals surface area contributed by atoms with E-state index in [2.05, 4.69) is 17.9 Å². The minimum absolute atomic E-state index is 0.135. The molecule has 0 unspecified atom stereocenters. The topological polar surface area (TPSA) is 59.8 Å². The number of ether oxygens (including phenoxy) is 1. The van der Waals surface area contributed by atoms with Crippen LogP contribution in [0.15, 0.2) is 27.4 Å². The van der Waals surface area contributed by atoms with Crippen molar-refractivity contribution in [3.8, 4) is 0 Å². The molecule has 0 spiro atoms. The summed E-state index contributed by atoms with van der Waals surface area (Å²) in [6, 6.07) is 5.61. The Morgan fingerprint density at radius 1 is 1.20 bits per heavy atom. The second-order valence-electron chi connectivity index (χ2n) is 7.35. The van der Waals surface area contributed by atoms with E-state index >= 15 is 0 Å². The predicted molar refractivity (Wildman–Crippen MR) is 96.6 cm³/mol. The van der Waals surface area contributed by atoms with E-state index in [0.29, 0.717) is 12.1 Å². The SMILES string of the molecule is COC(=O)C1(C)CCN(Cc2cc(=O)oc3cc(C)c(C)cc23)CC1. The van der Waals surface area contributed by atoms with Crippen LogP contribution in [-0.2, 0) is 16.1 Å². The number of fused-ring (bicyclic) bond motifs is 1. The highest BCUT2D eigenvalue weighted by Crippen LogP contribution is 2.33. The van der Waals surface area contributed by atoms with Crippen LogP contribution in [-0.4, -0.2) is 31.1 Å². The Morgan fingerprint density at radius 2 is 1.84 bits per heavy atom. The van der Waals surface area contributed by atoms with Gasteiger partial charge in [-0.15, -0.1) is 0 Å². The average molecular weight is 343 g/mol. The molecule has 1 saturated heterocycles. The first-order valence-corrected chi connectivity index (χ1v) is 8.67. The Kier molecular flexibility index (Phi) is 4.69. The summed E-state index contributed by atoms with van der Waals surface area (Å²) in [5, 5.41) is 0.990. The molecule has 1 aromatic heterocycles. The van der Waals surface area contributed by atoms with Crippen LogP contribution in [0.2, 0.25) is 0 Å². The second kappa shape index (κ2) is 6.64. The number of carbonyl (C=O) groups is 1. The number of likely N-dealkylation sites (tertiary alicyclic amines) is 1. The Labute approximate surface area is 147 Å². The van der Waals surface area contributed by atoms with Gasteiger partial charge in [-0.25, -0.2) is 4.79 Å². The summed E-state index contributed by atoms with van der Waals surface area (Å²) >= 11 is 0. The molecule has 2 heterocycles. The maximum absolute atomic E-state index is 11.9. The van der Waals surface area contributed by atoms with Gasteiger partial charge in [0.05, 0.1) is 12.5 Å². The first-order valence-electron chi connectivity index (χ1n) is 8.67. The molecule has 0 N–H and O–H groups in total. The smallest absolute Gasteiger partial charge is 0.336 e. The van der Waals surface area contributed by atoms with Gasteiger partial charge in [0.25, 0.3) is 0 Å². The summed E-state index contributed by atoms with van der Waals surface area (Å²) in [4.78, 5) is 26.2. The minimum atomic E-state index is -0.406. The third kappa shape index (κ3) is 3.47. The number of esters is 1. The number of nitrogens with zero attached hydrogens (tertiary/aromatic N) is 1. The highest BCUT2D eigenvalue weighted by Gasteiger charge is 2.37. The molecule has 5 heteroatoms. The van der Waals surface area contributed by atoms with Crippen molar-refractivity contribution in [1.29, 1.82) is 0 Å². The zero-order valence-corrected chi connectivity index (χ0v) is 15.3. The van der Waals surface area contributed by atoms with Gasteiger partial charge in [0.15, 0.2) is 0 Å². The quantitative estimate of drug-likeness (QED) is 0.633. The van der Waals surface area contributed by atoms with Crippen molar-refractivity contribution in [3.63, 3.8) is 0 Å². The van der Waals surface area contributed by atoms with Crippen LogP contribution in [0.1, 0.15) is 36.5 Å². The molecule has 0 radical (unpaired) electrons. The van der Waals surface area contributed by atoms with Crippen molar-refractivity contribution in [2.45, 2.75) is 40.2 Å². The van der Waals surface area contributed by atoms with E-state index in [0.717, 1.165) is 42.4 Å². The van der Waals surface area contributed by atoms with Gasteiger partial charge in [0, 0.05) is 18.0 Å². The van der Waals surface area contributed by atoms with E-state index in [1.807, 2.05) is 19.9 Å². The Hall–Kier alpha value is -2.14. The summed E-state index contributed by atoms with van der Waals surface area (Å²) in [7, 11) is 1.44. The molecule has 3 rings (SSSR count). The molecule has 2 aromatic rings. The Balaban J connectivity index is 1.84. The normalized spacial score (nSPS) is 17.6. The molecule has 1 aliphatic rings. The lowest BCUT2D eigenvalue weighted by molar-refractivity contribution is -0.154. The van der Waals surface area contributed by atoms with E-state index in [1.54, 1.807) is 6.07 Å². The lowest BCUT2D eigenvalue weighted by atomic mass is 9.80. The Morgan fingerprint density at radius 3 is 2.48 bits per heavy atom. The second-order valence-corrected chi connectivity index (χ2v) is 7.35. The summed E-state index contributed by atoms with van der Waals surface area (Å²) in [6.45, 7) is 8.33. The minimum Gasteiger partial charge on any atom is -0.469 e. The van der Waals surface area contributed by atoms with Crippen LogP contribution < -0.4 is 5.63 Å². The van der Waals surface area contributed by atoms with Gasteiger partial charge in [-0.1, -0.05) is 0 Å². The Bertz CT molecular complexity index is 860. The summed E-state index contributed by atoms with van der Waals surface area (Å²) < 4.78 is 10.3. The van der Waals surface area contributed by atoms with Gasteiger partial charge >= 0.3 is 11.6 Å². The van der Waals surface area contributed by atoms with E-state index in [4.69, 9.17) is 9.15 Å². The summed E-state index contributed by atoms with van der Waals surface area (Å²) in [5.74, 6) is -0.135. The van der Waals surface area contributed by atoms with E-state index in [9.17, 15) is 9.59 Å². The summed E-state index contributed by atoms with van der Waals surface area (Å²) in [5.41, 5.74) is 3.19. The maximum atomic E-state index is 11.9. The zero-order chi connectivity index (χ0) is 18.2.